The van der Waals surface area contributed by atoms with Crippen molar-refractivity contribution in [1.82, 2.24) is 4.98 Å². The first-order valence-corrected chi connectivity index (χ1v) is 3.48. The molecule has 1 aromatic heterocycles. The van der Waals surface area contributed by atoms with Crippen molar-refractivity contribution >= 4 is 17.1 Å². The van der Waals surface area contributed by atoms with Gasteiger partial charge in [-0.3, -0.25) is 0 Å². The smallest absolute Gasteiger partial charge is 0.343 e. The number of carboxylic acids is 1. The molecule has 0 saturated heterocycles. The molecule has 0 atom stereocenters. The average Bonchev–Trinajstić information content (AvgIpc) is 2.50. The molecule has 2 N–H and O–H groups in total. The minimum absolute atomic E-state index is 0.0903. The zero-order chi connectivity index (χ0) is 9.42. The average molecular weight is 179 g/mol. The summed E-state index contributed by atoms with van der Waals surface area (Å²) in [4.78, 5) is 14.4. The maximum absolute atomic E-state index is 10.7. The molecule has 0 unspecified atom stereocenters. The molecule has 1 heterocycles. The minimum Gasteiger partial charge on any atom is -0.507 e. The second kappa shape index (κ2) is 2.48. The van der Waals surface area contributed by atoms with Gasteiger partial charge >= 0.3 is 5.97 Å². The zero-order valence-electron chi connectivity index (χ0n) is 6.39. The van der Waals surface area contributed by atoms with Crippen LogP contribution >= 0.6 is 0 Å². The minimum atomic E-state index is -1.24. The number of carboxylic acid groups (broad SMARTS) is 1. The van der Waals surface area contributed by atoms with Crippen LogP contribution in [0, 0.1) is 0 Å². The van der Waals surface area contributed by atoms with Gasteiger partial charge in [0, 0.05) is 0 Å². The van der Waals surface area contributed by atoms with Crippen LogP contribution in [0.25, 0.3) is 11.1 Å². The molecule has 2 rings (SSSR count). The molecule has 0 bridgehead atoms. The van der Waals surface area contributed by atoms with Crippen LogP contribution in [0.4, 0.5) is 0 Å². The Hall–Kier alpha value is -2.04. The van der Waals surface area contributed by atoms with Crippen molar-refractivity contribution in [3.63, 3.8) is 0 Å². The number of hydrogen-bond acceptors (Lipinski definition) is 4. The second-order valence-electron chi connectivity index (χ2n) is 2.47. The van der Waals surface area contributed by atoms with Gasteiger partial charge in [-0.2, -0.15) is 0 Å². The molecular formula is C8H5NO4. The third kappa shape index (κ3) is 1.01. The molecule has 0 radical (unpaired) electrons. The van der Waals surface area contributed by atoms with Gasteiger partial charge in [-0.15, -0.1) is 0 Å². The summed E-state index contributed by atoms with van der Waals surface area (Å²) in [6.07, 6.45) is 1.14. The van der Waals surface area contributed by atoms with E-state index >= 15 is 0 Å². The number of benzene rings is 1. The van der Waals surface area contributed by atoms with Gasteiger partial charge in [0.05, 0.1) is 0 Å². The van der Waals surface area contributed by atoms with Gasteiger partial charge < -0.3 is 14.6 Å². The zero-order valence-corrected chi connectivity index (χ0v) is 6.39. The Labute approximate surface area is 72.2 Å². The Kier molecular flexibility index (Phi) is 1.45. The number of aromatic carboxylic acids is 1. The fraction of sp³-hybridized carbons (Fsp3) is 0. The van der Waals surface area contributed by atoms with E-state index in [1.165, 1.54) is 12.1 Å². The molecule has 0 aliphatic heterocycles. The molecule has 5 heteroatoms. The molecule has 5 nitrogen and oxygen atoms in total. The summed E-state index contributed by atoms with van der Waals surface area (Å²) < 4.78 is 4.84. The Morgan fingerprint density at radius 2 is 2.23 bits per heavy atom. The van der Waals surface area contributed by atoms with Crippen molar-refractivity contribution in [3.8, 4) is 5.75 Å². The van der Waals surface area contributed by atoms with Crippen LogP contribution in [-0.4, -0.2) is 21.2 Å². The fourth-order valence-corrected chi connectivity index (χ4v) is 1.12. The molecule has 0 aliphatic carbocycles. The molecule has 0 spiro atoms. The monoisotopic (exact) mass is 179 g/mol. The first kappa shape index (κ1) is 7.60. The quantitative estimate of drug-likeness (QED) is 0.687. The van der Waals surface area contributed by atoms with Crippen LogP contribution < -0.4 is 0 Å². The molecular weight excluding hydrogens is 174 g/mol. The number of aromatic hydroxyl groups is 1. The largest absolute Gasteiger partial charge is 0.507 e. The van der Waals surface area contributed by atoms with E-state index in [0.29, 0.717) is 5.52 Å². The van der Waals surface area contributed by atoms with Crippen molar-refractivity contribution in [2.75, 3.05) is 0 Å². The topological polar surface area (TPSA) is 83.6 Å². The number of nitrogens with zero attached hydrogens (tertiary/aromatic N) is 1. The molecule has 0 fully saturated rings. The van der Waals surface area contributed by atoms with Crippen molar-refractivity contribution in [2.24, 2.45) is 0 Å². The third-order valence-electron chi connectivity index (χ3n) is 1.69. The van der Waals surface area contributed by atoms with E-state index in [-0.39, 0.29) is 16.9 Å². The van der Waals surface area contributed by atoms with Crippen LogP contribution in [0.15, 0.2) is 22.9 Å². The highest BCUT2D eigenvalue weighted by atomic mass is 16.4. The summed E-state index contributed by atoms with van der Waals surface area (Å²) in [6.45, 7) is 0. The van der Waals surface area contributed by atoms with E-state index in [4.69, 9.17) is 9.52 Å². The summed E-state index contributed by atoms with van der Waals surface area (Å²) in [5.41, 5.74) is 0.248. The SMILES string of the molecule is O=C(O)c1c(O)ccc2ncoc12. The summed E-state index contributed by atoms with van der Waals surface area (Å²) in [5, 5.41) is 18.0. The van der Waals surface area contributed by atoms with E-state index in [1.54, 1.807) is 0 Å². The summed E-state index contributed by atoms with van der Waals surface area (Å²) >= 11 is 0. The fourth-order valence-electron chi connectivity index (χ4n) is 1.12. The van der Waals surface area contributed by atoms with E-state index < -0.39 is 5.97 Å². The Morgan fingerprint density at radius 1 is 1.46 bits per heavy atom. The van der Waals surface area contributed by atoms with Crippen molar-refractivity contribution in [1.29, 1.82) is 0 Å². The standard InChI is InChI=1S/C8H5NO4/c10-5-2-1-4-7(13-3-9-4)6(5)8(11)12/h1-3,10H,(H,11,12). The van der Waals surface area contributed by atoms with Crippen LogP contribution in [0.2, 0.25) is 0 Å². The van der Waals surface area contributed by atoms with E-state index in [1.807, 2.05) is 0 Å². The number of rotatable bonds is 1. The Bertz CT molecular complexity index is 474. The third-order valence-corrected chi connectivity index (χ3v) is 1.69. The predicted octanol–water partition coefficient (Wildman–Crippen LogP) is 1.23. The van der Waals surface area contributed by atoms with Crippen molar-refractivity contribution in [3.05, 3.63) is 24.1 Å². The molecule has 0 amide bonds. The normalized spacial score (nSPS) is 10.5. The highest BCUT2D eigenvalue weighted by molar-refractivity contribution is 6.02. The lowest BCUT2D eigenvalue weighted by atomic mass is 10.2. The second-order valence-corrected chi connectivity index (χ2v) is 2.47. The number of fused-ring (bicyclic) bond motifs is 1. The highest BCUT2D eigenvalue weighted by Crippen LogP contribution is 2.25. The van der Waals surface area contributed by atoms with Gasteiger partial charge in [-0.05, 0) is 12.1 Å². The molecule has 66 valence electrons. The summed E-state index contributed by atoms with van der Waals surface area (Å²) in [5.74, 6) is -1.56. The summed E-state index contributed by atoms with van der Waals surface area (Å²) in [6, 6.07) is 2.76. The lowest BCUT2D eigenvalue weighted by Gasteiger charge is -1.97. The predicted molar refractivity (Wildman–Crippen MR) is 42.6 cm³/mol. The first-order valence-electron chi connectivity index (χ1n) is 3.48. The molecule has 2 aromatic rings. The molecule has 0 aliphatic rings. The number of oxazole rings is 1. The van der Waals surface area contributed by atoms with Crippen molar-refractivity contribution < 1.29 is 19.4 Å². The van der Waals surface area contributed by atoms with Gasteiger partial charge in [0.2, 0.25) is 0 Å². The molecule has 0 saturated carbocycles. The molecule has 13 heavy (non-hydrogen) atoms. The van der Waals surface area contributed by atoms with Gasteiger partial charge in [0.25, 0.3) is 0 Å². The van der Waals surface area contributed by atoms with E-state index in [9.17, 15) is 9.90 Å². The van der Waals surface area contributed by atoms with Gasteiger partial charge in [0.1, 0.15) is 16.8 Å². The first-order chi connectivity index (χ1) is 6.20. The van der Waals surface area contributed by atoms with E-state index in [2.05, 4.69) is 4.98 Å². The van der Waals surface area contributed by atoms with Gasteiger partial charge in [-0.25, -0.2) is 9.78 Å². The van der Waals surface area contributed by atoms with Crippen LogP contribution in [-0.2, 0) is 0 Å². The Balaban J connectivity index is 2.88. The molecule has 1 aromatic carbocycles. The van der Waals surface area contributed by atoms with Gasteiger partial charge in [0.15, 0.2) is 12.0 Å². The van der Waals surface area contributed by atoms with Crippen molar-refractivity contribution in [2.45, 2.75) is 0 Å². The number of carbonyl (C=O) groups is 1. The Morgan fingerprint density at radius 3 is 2.92 bits per heavy atom. The van der Waals surface area contributed by atoms with Gasteiger partial charge in [-0.1, -0.05) is 0 Å². The lowest BCUT2D eigenvalue weighted by Crippen LogP contribution is -1.97. The van der Waals surface area contributed by atoms with Crippen LogP contribution in [0.5, 0.6) is 5.75 Å². The number of aromatic nitrogens is 1. The maximum Gasteiger partial charge on any atom is 0.343 e. The number of hydrogen-bond donors (Lipinski definition) is 2. The summed E-state index contributed by atoms with van der Waals surface area (Å²) in [7, 11) is 0. The van der Waals surface area contributed by atoms with Crippen LogP contribution in [0.3, 0.4) is 0 Å². The van der Waals surface area contributed by atoms with Crippen LogP contribution in [0.1, 0.15) is 10.4 Å². The highest BCUT2D eigenvalue weighted by Gasteiger charge is 2.16. The maximum atomic E-state index is 10.7. The van der Waals surface area contributed by atoms with E-state index in [0.717, 1.165) is 6.39 Å². The lowest BCUT2D eigenvalue weighted by molar-refractivity contribution is 0.0695. The number of phenols is 1.